The van der Waals surface area contributed by atoms with Crippen molar-refractivity contribution in [1.82, 2.24) is 0 Å². The number of benzene rings is 2. The number of allylic oxidation sites excluding steroid dienone is 1. The summed E-state index contributed by atoms with van der Waals surface area (Å²) in [6, 6.07) is 7.35. The minimum Gasteiger partial charge on any atom is -0.865 e. The monoisotopic (exact) mass is 372 g/mol. The van der Waals surface area contributed by atoms with Crippen molar-refractivity contribution in [3.8, 4) is 17.2 Å². The summed E-state index contributed by atoms with van der Waals surface area (Å²) in [6.07, 6.45) is 2.65. The van der Waals surface area contributed by atoms with Gasteiger partial charge in [0.2, 0.25) is 0 Å². The average Bonchev–Trinajstić information content (AvgIpc) is 2.66. The molecule has 0 aromatic heterocycles. The number of ether oxygens (including phenoxy) is 3. The van der Waals surface area contributed by atoms with E-state index in [4.69, 9.17) is 14.2 Å². The standard InChI is InChI=1S/C19H19NO7/c1-25-11-14-10-13(5-7-17(14)26-2)16(21)6-4-12-8-15(20(23)24)19(22)18(9-12)27-3/h4-10,22H,11H2,1-3H3/p-1/b6-4+. The molecule has 0 saturated carbocycles. The number of rotatable bonds is 8. The molecule has 0 aliphatic rings. The van der Waals surface area contributed by atoms with E-state index in [1.165, 1.54) is 39.5 Å². The Morgan fingerprint density at radius 2 is 1.81 bits per heavy atom. The van der Waals surface area contributed by atoms with Crippen molar-refractivity contribution in [2.24, 2.45) is 0 Å². The summed E-state index contributed by atoms with van der Waals surface area (Å²) >= 11 is 0. The van der Waals surface area contributed by atoms with E-state index >= 15 is 0 Å². The first-order valence-corrected chi connectivity index (χ1v) is 7.83. The van der Waals surface area contributed by atoms with Crippen molar-refractivity contribution in [2.75, 3.05) is 21.3 Å². The van der Waals surface area contributed by atoms with Gasteiger partial charge in [-0.25, -0.2) is 0 Å². The van der Waals surface area contributed by atoms with Crippen LogP contribution in [0.25, 0.3) is 6.08 Å². The first kappa shape index (κ1) is 19.9. The molecule has 142 valence electrons. The van der Waals surface area contributed by atoms with Gasteiger partial charge in [-0.3, -0.25) is 14.9 Å². The van der Waals surface area contributed by atoms with E-state index in [1.54, 1.807) is 18.2 Å². The largest absolute Gasteiger partial charge is 0.865 e. The Hall–Kier alpha value is -3.39. The van der Waals surface area contributed by atoms with Gasteiger partial charge in [0.05, 0.1) is 25.7 Å². The number of nitro groups is 1. The highest BCUT2D eigenvalue weighted by Gasteiger charge is 2.13. The molecule has 0 bridgehead atoms. The van der Waals surface area contributed by atoms with Gasteiger partial charge in [-0.1, -0.05) is 6.08 Å². The predicted molar refractivity (Wildman–Crippen MR) is 96.2 cm³/mol. The summed E-state index contributed by atoms with van der Waals surface area (Å²) in [6.45, 7) is 0.280. The summed E-state index contributed by atoms with van der Waals surface area (Å²) in [5.41, 5.74) is 0.804. The SMILES string of the molecule is COCc1cc(C(=O)/C=C/c2cc(OC)c([O-])c([N+](=O)[O-])c2)ccc1OC. The Morgan fingerprint density at radius 1 is 1.11 bits per heavy atom. The maximum atomic E-state index is 12.4. The summed E-state index contributed by atoms with van der Waals surface area (Å²) in [5.74, 6) is -0.694. The number of hydrogen-bond donors (Lipinski definition) is 0. The quantitative estimate of drug-likeness (QED) is 0.303. The molecule has 0 radical (unpaired) electrons. The molecular formula is C19H18NO7-. The van der Waals surface area contributed by atoms with Crippen LogP contribution in [-0.4, -0.2) is 32.0 Å². The third kappa shape index (κ3) is 4.62. The van der Waals surface area contributed by atoms with Gasteiger partial charge in [0.15, 0.2) is 5.78 Å². The maximum Gasteiger partial charge on any atom is 0.266 e. The lowest BCUT2D eigenvalue weighted by atomic mass is 10.0. The molecule has 0 N–H and O–H groups in total. The molecule has 0 fully saturated rings. The first-order valence-electron chi connectivity index (χ1n) is 7.83. The molecule has 0 heterocycles. The Labute approximate surface area is 155 Å². The fourth-order valence-corrected chi connectivity index (χ4v) is 2.46. The zero-order valence-corrected chi connectivity index (χ0v) is 15.1. The topological polar surface area (TPSA) is 111 Å². The molecule has 0 saturated heterocycles. The second-order valence-corrected chi connectivity index (χ2v) is 5.49. The lowest BCUT2D eigenvalue weighted by Crippen LogP contribution is -2.02. The van der Waals surface area contributed by atoms with E-state index in [2.05, 4.69) is 0 Å². The molecular weight excluding hydrogens is 354 g/mol. The normalized spacial score (nSPS) is 10.8. The number of ketones is 1. The fraction of sp³-hybridized carbons (Fsp3) is 0.211. The van der Waals surface area contributed by atoms with Gasteiger partial charge in [-0.2, -0.15) is 0 Å². The number of carbonyl (C=O) groups is 1. The number of nitrogens with zero attached hydrogens (tertiary/aromatic N) is 1. The molecule has 0 atom stereocenters. The lowest BCUT2D eigenvalue weighted by molar-refractivity contribution is -0.398. The minimum atomic E-state index is -0.815. The van der Waals surface area contributed by atoms with Crippen LogP contribution in [-0.2, 0) is 11.3 Å². The van der Waals surface area contributed by atoms with Gasteiger partial charge in [0.25, 0.3) is 5.69 Å². The van der Waals surface area contributed by atoms with Crippen LogP contribution in [0.1, 0.15) is 21.5 Å². The number of carbonyl (C=O) groups excluding carboxylic acids is 1. The Balaban J connectivity index is 2.33. The molecule has 2 rings (SSSR count). The van der Waals surface area contributed by atoms with Crippen LogP contribution in [0, 0.1) is 10.1 Å². The van der Waals surface area contributed by atoms with Crippen LogP contribution in [0.3, 0.4) is 0 Å². The van der Waals surface area contributed by atoms with Crippen LogP contribution in [0.2, 0.25) is 0 Å². The van der Waals surface area contributed by atoms with E-state index in [9.17, 15) is 20.0 Å². The summed E-state index contributed by atoms with van der Waals surface area (Å²) in [4.78, 5) is 22.6. The third-order valence-electron chi connectivity index (χ3n) is 3.77. The van der Waals surface area contributed by atoms with Gasteiger partial charge in [-0.05, 0) is 35.9 Å². The van der Waals surface area contributed by atoms with E-state index in [1.807, 2.05) is 0 Å². The molecule has 0 unspecified atom stereocenters. The lowest BCUT2D eigenvalue weighted by Gasteiger charge is -2.13. The van der Waals surface area contributed by atoms with E-state index in [0.717, 1.165) is 6.07 Å². The molecule has 8 nitrogen and oxygen atoms in total. The molecule has 0 aliphatic heterocycles. The molecule has 2 aromatic rings. The van der Waals surface area contributed by atoms with Crippen LogP contribution < -0.4 is 14.6 Å². The Kier molecular flexibility index (Phi) is 6.51. The molecule has 8 heteroatoms. The predicted octanol–water partition coefficient (Wildman–Crippen LogP) is 2.73. The summed E-state index contributed by atoms with van der Waals surface area (Å²) in [7, 11) is 4.30. The smallest absolute Gasteiger partial charge is 0.266 e. The highest BCUT2D eigenvalue weighted by molar-refractivity contribution is 6.07. The van der Waals surface area contributed by atoms with Gasteiger partial charge < -0.3 is 19.3 Å². The molecule has 0 spiro atoms. The average molecular weight is 372 g/mol. The molecule has 27 heavy (non-hydrogen) atoms. The van der Waals surface area contributed by atoms with Crippen molar-refractivity contribution in [3.63, 3.8) is 0 Å². The van der Waals surface area contributed by atoms with Crippen molar-refractivity contribution in [3.05, 3.63) is 63.2 Å². The Bertz CT molecular complexity index is 890. The van der Waals surface area contributed by atoms with E-state index in [0.29, 0.717) is 22.4 Å². The second-order valence-electron chi connectivity index (χ2n) is 5.49. The first-order chi connectivity index (χ1) is 12.9. The highest BCUT2D eigenvalue weighted by Crippen LogP contribution is 2.34. The van der Waals surface area contributed by atoms with Gasteiger partial charge in [0.1, 0.15) is 11.5 Å². The maximum absolute atomic E-state index is 12.4. The van der Waals surface area contributed by atoms with Gasteiger partial charge >= 0.3 is 0 Å². The van der Waals surface area contributed by atoms with Gasteiger partial charge in [-0.15, -0.1) is 0 Å². The van der Waals surface area contributed by atoms with Crippen LogP contribution in [0.4, 0.5) is 5.69 Å². The van der Waals surface area contributed by atoms with Crippen molar-refractivity contribution < 1.29 is 29.0 Å². The number of nitro benzene ring substituents is 1. The van der Waals surface area contributed by atoms with Crippen molar-refractivity contribution in [2.45, 2.75) is 6.61 Å². The van der Waals surface area contributed by atoms with Crippen LogP contribution >= 0.6 is 0 Å². The Morgan fingerprint density at radius 3 is 2.41 bits per heavy atom. The van der Waals surface area contributed by atoms with E-state index < -0.39 is 16.4 Å². The highest BCUT2D eigenvalue weighted by atomic mass is 16.6. The van der Waals surface area contributed by atoms with Crippen molar-refractivity contribution >= 4 is 17.5 Å². The second kappa shape index (κ2) is 8.81. The van der Waals surface area contributed by atoms with E-state index in [-0.39, 0.29) is 18.1 Å². The zero-order valence-electron chi connectivity index (χ0n) is 15.1. The van der Waals surface area contributed by atoms with Crippen LogP contribution in [0.15, 0.2) is 36.4 Å². The number of methoxy groups -OCH3 is 3. The number of hydrogen-bond acceptors (Lipinski definition) is 7. The summed E-state index contributed by atoms with van der Waals surface area (Å²) < 4.78 is 15.2. The third-order valence-corrected chi connectivity index (χ3v) is 3.77. The van der Waals surface area contributed by atoms with Crippen LogP contribution in [0.5, 0.6) is 17.2 Å². The zero-order chi connectivity index (χ0) is 20.0. The fourth-order valence-electron chi connectivity index (χ4n) is 2.46. The molecule has 2 aromatic carbocycles. The summed E-state index contributed by atoms with van der Waals surface area (Å²) in [5, 5.41) is 22.8. The molecule has 0 aliphatic carbocycles. The minimum absolute atomic E-state index is 0.164. The van der Waals surface area contributed by atoms with Crippen molar-refractivity contribution in [1.29, 1.82) is 0 Å². The van der Waals surface area contributed by atoms with Gasteiger partial charge in [0, 0.05) is 30.1 Å². The molecule has 0 amide bonds.